The van der Waals surface area contributed by atoms with Gasteiger partial charge in [-0.3, -0.25) is 18.8 Å². The van der Waals surface area contributed by atoms with E-state index in [0.717, 1.165) is 11.3 Å². The summed E-state index contributed by atoms with van der Waals surface area (Å²) >= 11 is 0. The van der Waals surface area contributed by atoms with Gasteiger partial charge >= 0.3 is 11.1 Å². The van der Waals surface area contributed by atoms with Crippen molar-refractivity contribution in [2.45, 2.75) is 13.1 Å². The van der Waals surface area contributed by atoms with Crippen LogP contribution >= 0.6 is 0 Å². The molecular formula is C21H18N4O4. The Morgan fingerprint density at radius 1 is 0.862 bits per heavy atom. The summed E-state index contributed by atoms with van der Waals surface area (Å²) < 4.78 is 9.14. The Kier molecular flexibility index (Phi) is 4.82. The number of hydrogen-bond acceptors (Lipinski definition) is 5. The second kappa shape index (κ2) is 7.59. The summed E-state index contributed by atoms with van der Waals surface area (Å²) in [6.07, 6.45) is 4.71. The van der Waals surface area contributed by atoms with Crippen LogP contribution in [0.4, 0.5) is 0 Å². The zero-order chi connectivity index (χ0) is 20.4. The minimum atomic E-state index is -0.670. The summed E-state index contributed by atoms with van der Waals surface area (Å²) in [5.74, 6) is 0.718. The molecule has 0 amide bonds. The molecule has 0 aliphatic rings. The third-order valence-corrected chi connectivity index (χ3v) is 4.60. The minimum absolute atomic E-state index is 0.0398. The molecule has 0 aliphatic carbocycles. The molecule has 8 nitrogen and oxygen atoms in total. The zero-order valence-electron chi connectivity index (χ0n) is 15.7. The Morgan fingerprint density at radius 3 is 2.24 bits per heavy atom. The first-order valence-electron chi connectivity index (χ1n) is 8.95. The molecular weight excluding hydrogens is 372 g/mol. The van der Waals surface area contributed by atoms with Crippen molar-refractivity contribution in [2.24, 2.45) is 0 Å². The van der Waals surface area contributed by atoms with Crippen LogP contribution in [0, 0.1) is 0 Å². The van der Waals surface area contributed by atoms with E-state index in [4.69, 9.17) is 4.74 Å². The molecule has 4 rings (SSSR count). The number of rotatable bonds is 5. The third kappa shape index (κ3) is 3.73. The van der Waals surface area contributed by atoms with Gasteiger partial charge in [-0.05, 0) is 29.8 Å². The fourth-order valence-corrected chi connectivity index (χ4v) is 3.08. The number of hydrogen-bond donors (Lipinski definition) is 0. The molecule has 4 aromatic rings. The van der Waals surface area contributed by atoms with Gasteiger partial charge in [-0.1, -0.05) is 18.2 Å². The molecule has 0 fully saturated rings. The summed E-state index contributed by atoms with van der Waals surface area (Å²) in [6.45, 7) is 0.312. The lowest BCUT2D eigenvalue weighted by Gasteiger charge is -2.10. The number of fused-ring (bicyclic) bond motifs is 1. The standard InChI is InChI=1S/C21H18N4O4/c1-29-17-7-5-15(6-8-17)13-23-10-11-24(21(28)20(23)27)14-16-12-19(26)25-9-3-2-4-18(25)22-16/h2-12H,13-14H2,1H3. The minimum Gasteiger partial charge on any atom is -0.497 e. The molecule has 3 aromatic heterocycles. The average Bonchev–Trinajstić information content (AvgIpc) is 2.74. The maximum atomic E-state index is 12.5. The molecule has 0 unspecified atom stereocenters. The Labute approximate surface area is 164 Å². The molecule has 29 heavy (non-hydrogen) atoms. The maximum absolute atomic E-state index is 12.5. The molecule has 1 aromatic carbocycles. The molecule has 0 atom stereocenters. The van der Waals surface area contributed by atoms with Crippen molar-refractivity contribution >= 4 is 5.65 Å². The van der Waals surface area contributed by atoms with Gasteiger partial charge in [0.25, 0.3) is 5.56 Å². The molecule has 0 bridgehead atoms. The first-order valence-corrected chi connectivity index (χ1v) is 8.95. The Bertz CT molecular complexity index is 1350. The summed E-state index contributed by atoms with van der Waals surface area (Å²) in [5.41, 5.74) is 0.212. The number of benzene rings is 1. The van der Waals surface area contributed by atoms with E-state index >= 15 is 0 Å². The summed E-state index contributed by atoms with van der Waals surface area (Å²) in [6, 6.07) is 13.9. The summed E-state index contributed by atoms with van der Waals surface area (Å²) in [5, 5.41) is 0. The lowest BCUT2D eigenvalue weighted by Crippen LogP contribution is -2.41. The number of aromatic nitrogens is 4. The van der Waals surface area contributed by atoms with E-state index in [1.54, 1.807) is 49.8 Å². The summed E-state index contributed by atoms with van der Waals surface area (Å²) in [4.78, 5) is 41.6. The van der Waals surface area contributed by atoms with Gasteiger partial charge < -0.3 is 13.9 Å². The lowest BCUT2D eigenvalue weighted by molar-refractivity contribution is 0.414. The van der Waals surface area contributed by atoms with Crippen LogP contribution in [0.15, 0.2) is 81.5 Å². The highest BCUT2D eigenvalue weighted by atomic mass is 16.5. The Morgan fingerprint density at radius 2 is 1.55 bits per heavy atom. The fourth-order valence-electron chi connectivity index (χ4n) is 3.08. The Hall–Kier alpha value is -3.94. The normalized spacial score (nSPS) is 10.9. The van der Waals surface area contributed by atoms with Crippen molar-refractivity contribution in [2.75, 3.05) is 7.11 Å². The van der Waals surface area contributed by atoms with E-state index in [1.165, 1.54) is 25.8 Å². The molecule has 0 aliphatic heterocycles. The quantitative estimate of drug-likeness (QED) is 0.477. The fraction of sp³-hybridized carbons (Fsp3) is 0.143. The van der Waals surface area contributed by atoms with Crippen LogP contribution in [-0.4, -0.2) is 25.6 Å². The topological polar surface area (TPSA) is 87.6 Å². The average molecular weight is 390 g/mol. The van der Waals surface area contributed by atoms with E-state index in [2.05, 4.69) is 4.98 Å². The van der Waals surface area contributed by atoms with Crippen LogP contribution in [0.1, 0.15) is 11.3 Å². The highest BCUT2D eigenvalue weighted by Crippen LogP contribution is 2.11. The molecule has 0 saturated heterocycles. The van der Waals surface area contributed by atoms with Crippen LogP contribution in [-0.2, 0) is 13.1 Å². The van der Waals surface area contributed by atoms with Gasteiger partial charge in [-0.2, -0.15) is 0 Å². The second-order valence-electron chi connectivity index (χ2n) is 6.53. The highest BCUT2D eigenvalue weighted by molar-refractivity contribution is 5.38. The van der Waals surface area contributed by atoms with Crippen LogP contribution in [0.25, 0.3) is 5.65 Å². The van der Waals surface area contributed by atoms with E-state index < -0.39 is 11.1 Å². The number of methoxy groups -OCH3 is 1. The molecule has 0 radical (unpaired) electrons. The molecule has 0 spiro atoms. The first-order chi connectivity index (χ1) is 14.0. The van der Waals surface area contributed by atoms with E-state index in [0.29, 0.717) is 11.3 Å². The predicted octanol–water partition coefficient (Wildman–Crippen LogP) is 1.12. The SMILES string of the molecule is COc1ccc(Cn2ccn(Cc3cc(=O)n4ccccc4n3)c(=O)c2=O)cc1. The van der Waals surface area contributed by atoms with Crippen molar-refractivity contribution in [1.82, 2.24) is 18.5 Å². The number of ether oxygens (including phenoxy) is 1. The van der Waals surface area contributed by atoms with Crippen LogP contribution in [0.2, 0.25) is 0 Å². The van der Waals surface area contributed by atoms with Gasteiger partial charge in [0.15, 0.2) is 0 Å². The van der Waals surface area contributed by atoms with Crippen LogP contribution in [0.5, 0.6) is 5.75 Å². The largest absolute Gasteiger partial charge is 0.497 e. The molecule has 146 valence electrons. The van der Waals surface area contributed by atoms with Crippen molar-refractivity contribution in [3.8, 4) is 5.75 Å². The monoisotopic (exact) mass is 390 g/mol. The van der Waals surface area contributed by atoms with Gasteiger partial charge in [-0.25, -0.2) is 4.98 Å². The van der Waals surface area contributed by atoms with Crippen molar-refractivity contribution in [3.05, 3.63) is 109 Å². The Balaban J connectivity index is 1.63. The van der Waals surface area contributed by atoms with Crippen molar-refractivity contribution in [1.29, 1.82) is 0 Å². The molecule has 0 saturated carbocycles. The molecule has 8 heteroatoms. The molecule has 0 N–H and O–H groups in total. The smallest absolute Gasteiger partial charge is 0.316 e. The van der Waals surface area contributed by atoms with Gasteiger partial charge in [0.05, 0.1) is 25.9 Å². The summed E-state index contributed by atoms with van der Waals surface area (Å²) in [7, 11) is 1.58. The van der Waals surface area contributed by atoms with Crippen LogP contribution < -0.4 is 21.4 Å². The first kappa shape index (κ1) is 18.4. The van der Waals surface area contributed by atoms with Crippen molar-refractivity contribution < 1.29 is 4.74 Å². The lowest BCUT2D eigenvalue weighted by atomic mass is 10.2. The van der Waals surface area contributed by atoms with E-state index in [9.17, 15) is 14.4 Å². The van der Waals surface area contributed by atoms with Gasteiger partial charge in [0.1, 0.15) is 11.4 Å². The number of pyridine rings is 1. The predicted molar refractivity (Wildman–Crippen MR) is 108 cm³/mol. The van der Waals surface area contributed by atoms with Gasteiger partial charge in [0.2, 0.25) is 0 Å². The third-order valence-electron chi connectivity index (χ3n) is 4.60. The maximum Gasteiger partial charge on any atom is 0.316 e. The van der Waals surface area contributed by atoms with Crippen molar-refractivity contribution in [3.63, 3.8) is 0 Å². The van der Waals surface area contributed by atoms with E-state index in [1.807, 2.05) is 12.1 Å². The van der Waals surface area contributed by atoms with E-state index in [-0.39, 0.29) is 18.6 Å². The van der Waals surface area contributed by atoms with Gasteiger partial charge in [0, 0.05) is 24.7 Å². The van der Waals surface area contributed by atoms with Crippen LogP contribution in [0.3, 0.4) is 0 Å². The second-order valence-corrected chi connectivity index (χ2v) is 6.53. The van der Waals surface area contributed by atoms with Gasteiger partial charge in [-0.15, -0.1) is 0 Å². The zero-order valence-corrected chi connectivity index (χ0v) is 15.7. The highest BCUT2D eigenvalue weighted by Gasteiger charge is 2.09. The number of nitrogens with zero attached hydrogens (tertiary/aromatic N) is 4. The molecule has 3 heterocycles.